The number of hydrogen-bond donors (Lipinski definition) is 4. The molecule has 6 N–H and O–H groups in total. The lowest BCUT2D eigenvalue weighted by molar-refractivity contribution is 0.306. The van der Waals surface area contributed by atoms with E-state index in [1.165, 1.54) is 12.1 Å². The minimum atomic E-state index is -0.412. The average molecular weight is 443 g/mol. The highest BCUT2D eigenvalue weighted by Crippen LogP contribution is 2.32. The van der Waals surface area contributed by atoms with E-state index in [2.05, 4.69) is 15.3 Å². The van der Waals surface area contributed by atoms with Gasteiger partial charge in [-0.3, -0.25) is 10.4 Å². The molecule has 2 heterocycles. The molecule has 1 aromatic carbocycles. The van der Waals surface area contributed by atoms with Crippen molar-refractivity contribution in [3.8, 4) is 5.75 Å². The SMILES string of the molecule is CCN/C1=C(\C(=N)Cl)CC(C=NC)=C(N)c2ccc(F)cc2COc2cc1cnc2N. The monoisotopic (exact) mass is 442 g/mol. The Morgan fingerprint density at radius 1 is 1.39 bits per heavy atom. The van der Waals surface area contributed by atoms with Crippen molar-refractivity contribution in [1.29, 1.82) is 5.41 Å². The zero-order valence-electron chi connectivity index (χ0n) is 17.3. The van der Waals surface area contributed by atoms with Gasteiger partial charge in [0.15, 0.2) is 11.6 Å². The number of aliphatic imine (C=N–C) groups is 1. The van der Waals surface area contributed by atoms with Gasteiger partial charge in [-0.1, -0.05) is 11.6 Å². The lowest BCUT2D eigenvalue weighted by Gasteiger charge is -2.20. The first-order valence-corrected chi connectivity index (χ1v) is 10.0. The molecule has 162 valence electrons. The Hall–Kier alpha value is -3.39. The Labute approximate surface area is 185 Å². The number of nitrogens with two attached hydrogens (primary N) is 2. The van der Waals surface area contributed by atoms with Gasteiger partial charge in [0.2, 0.25) is 0 Å². The fourth-order valence-electron chi connectivity index (χ4n) is 3.37. The van der Waals surface area contributed by atoms with Gasteiger partial charge in [-0.2, -0.15) is 0 Å². The van der Waals surface area contributed by atoms with Gasteiger partial charge in [-0.05, 0) is 36.8 Å². The fraction of sp³-hybridized carbons (Fsp3) is 0.227. The number of halogens is 2. The number of nitrogens with zero attached hydrogens (tertiary/aromatic N) is 2. The Bertz CT molecular complexity index is 1110. The van der Waals surface area contributed by atoms with E-state index in [0.29, 0.717) is 51.5 Å². The number of hydrogen-bond acceptors (Lipinski definition) is 7. The van der Waals surface area contributed by atoms with Crippen LogP contribution in [0.1, 0.15) is 30.0 Å². The molecule has 0 amide bonds. The summed E-state index contributed by atoms with van der Waals surface area (Å²) in [4.78, 5) is 8.34. The largest absolute Gasteiger partial charge is 0.485 e. The smallest absolute Gasteiger partial charge is 0.166 e. The number of fused-ring (bicyclic) bond motifs is 3. The van der Waals surface area contributed by atoms with E-state index in [4.69, 9.17) is 33.2 Å². The lowest BCUT2D eigenvalue weighted by Crippen LogP contribution is -2.18. The van der Waals surface area contributed by atoms with Crippen molar-refractivity contribution in [1.82, 2.24) is 10.3 Å². The van der Waals surface area contributed by atoms with Gasteiger partial charge >= 0.3 is 0 Å². The molecule has 7 nitrogen and oxygen atoms in total. The number of nitrogen functional groups attached to an aromatic ring is 1. The molecule has 2 bridgehead atoms. The van der Waals surface area contributed by atoms with E-state index in [1.807, 2.05) is 6.92 Å². The van der Waals surface area contributed by atoms with Crippen molar-refractivity contribution in [3.05, 3.63) is 64.1 Å². The molecule has 2 aromatic rings. The maximum absolute atomic E-state index is 14.0. The zero-order valence-corrected chi connectivity index (χ0v) is 18.1. The zero-order chi connectivity index (χ0) is 22.5. The highest BCUT2D eigenvalue weighted by molar-refractivity contribution is 6.69. The van der Waals surface area contributed by atoms with E-state index in [0.717, 1.165) is 0 Å². The Balaban J connectivity index is 2.35. The predicted octanol–water partition coefficient (Wildman–Crippen LogP) is 3.69. The van der Waals surface area contributed by atoms with Crippen LogP contribution in [0.5, 0.6) is 5.75 Å². The van der Waals surface area contributed by atoms with E-state index >= 15 is 0 Å². The van der Waals surface area contributed by atoms with Crippen molar-refractivity contribution in [2.24, 2.45) is 10.7 Å². The molecule has 1 aliphatic rings. The standard InChI is InChI=1S/C22H24ClFN6O/c1-3-29-20-13-8-18(22(27)30-10-13)31-11-14-6-15(24)4-5-16(14)19(25)12(9-28-2)7-17(20)21(23)26/h4-6,8-10,26,29H,3,7,11,25H2,1-2H3,(H2,27,30)/b19-12?,20-17-,26-21?,28-9?. The van der Waals surface area contributed by atoms with Gasteiger partial charge in [0.1, 0.15) is 17.6 Å². The summed E-state index contributed by atoms with van der Waals surface area (Å²) in [7, 11) is 1.63. The molecule has 0 saturated heterocycles. The Morgan fingerprint density at radius 2 is 2.16 bits per heavy atom. The van der Waals surface area contributed by atoms with Crippen LogP contribution in [-0.4, -0.2) is 30.0 Å². The summed E-state index contributed by atoms with van der Waals surface area (Å²) < 4.78 is 19.9. The van der Waals surface area contributed by atoms with Gasteiger partial charge in [-0.25, -0.2) is 9.37 Å². The molecule has 31 heavy (non-hydrogen) atoms. The molecule has 0 unspecified atom stereocenters. The number of benzene rings is 1. The Morgan fingerprint density at radius 3 is 2.84 bits per heavy atom. The average Bonchev–Trinajstić information content (AvgIpc) is 2.73. The molecule has 1 aliphatic heterocycles. The second kappa shape index (κ2) is 9.61. The normalized spacial score (nSPS) is 16.9. The molecule has 1 aromatic heterocycles. The molecule has 0 atom stereocenters. The topological polar surface area (TPSA) is 122 Å². The number of allylic oxidation sites excluding steroid dienone is 2. The minimum absolute atomic E-state index is 0.0398. The number of ether oxygens (including phenoxy) is 1. The number of pyridine rings is 1. The number of aromatic nitrogens is 1. The van der Waals surface area contributed by atoms with E-state index in [9.17, 15) is 4.39 Å². The van der Waals surface area contributed by atoms with Crippen molar-refractivity contribution < 1.29 is 9.13 Å². The van der Waals surface area contributed by atoms with Crippen molar-refractivity contribution in [2.75, 3.05) is 19.3 Å². The molecular formula is C22H24ClFN6O. The molecular weight excluding hydrogens is 419 g/mol. The third kappa shape index (κ3) is 4.86. The summed E-state index contributed by atoms with van der Waals surface area (Å²) in [6.45, 7) is 2.56. The summed E-state index contributed by atoms with van der Waals surface area (Å²) in [6.07, 6.45) is 3.43. The fourth-order valence-corrected chi connectivity index (χ4v) is 3.53. The molecule has 3 rings (SSSR count). The molecule has 9 heteroatoms. The van der Waals surface area contributed by atoms with Gasteiger partial charge in [0.25, 0.3) is 0 Å². The number of nitrogens with one attached hydrogen (secondary N) is 2. The maximum atomic E-state index is 14.0. The number of rotatable bonds is 4. The van der Waals surface area contributed by atoms with Crippen LogP contribution in [0.15, 0.2) is 46.6 Å². The predicted molar refractivity (Wildman–Crippen MR) is 124 cm³/mol. The van der Waals surface area contributed by atoms with Crippen LogP contribution >= 0.6 is 11.6 Å². The maximum Gasteiger partial charge on any atom is 0.166 e. The van der Waals surface area contributed by atoms with Crippen LogP contribution in [-0.2, 0) is 6.61 Å². The molecule has 0 fully saturated rings. The molecule has 0 spiro atoms. The molecule has 0 aliphatic carbocycles. The first-order valence-electron chi connectivity index (χ1n) is 9.65. The summed E-state index contributed by atoms with van der Waals surface area (Å²) in [5.41, 5.74) is 16.5. The first-order chi connectivity index (χ1) is 14.8. The third-order valence-electron chi connectivity index (χ3n) is 4.83. The summed E-state index contributed by atoms with van der Waals surface area (Å²) in [5, 5.41) is 11.3. The highest BCUT2D eigenvalue weighted by atomic mass is 35.5. The van der Waals surface area contributed by atoms with E-state index < -0.39 is 5.82 Å². The van der Waals surface area contributed by atoms with Crippen LogP contribution in [0, 0.1) is 11.2 Å². The van der Waals surface area contributed by atoms with Crippen LogP contribution < -0.4 is 21.5 Å². The van der Waals surface area contributed by atoms with Crippen LogP contribution in [0.4, 0.5) is 10.2 Å². The van der Waals surface area contributed by atoms with Gasteiger partial charge < -0.3 is 21.5 Å². The lowest BCUT2D eigenvalue weighted by atomic mass is 9.95. The second-order valence-electron chi connectivity index (χ2n) is 6.90. The minimum Gasteiger partial charge on any atom is -0.485 e. The second-order valence-corrected chi connectivity index (χ2v) is 7.28. The van der Waals surface area contributed by atoms with E-state index in [1.54, 1.807) is 31.6 Å². The number of anilines is 1. The van der Waals surface area contributed by atoms with Gasteiger partial charge in [0, 0.05) is 66.1 Å². The van der Waals surface area contributed by atoms with Gasteiger partial charge in [0.05, 0.1) is 0 Å². The van der Waals surface area contributed by atoms with Crippen LogP contribution in [0.3, 0.4) is 0 Å². The van der Waals surface area contributed by atoms with Crippen molar-refractivity contribution in [3.63, 3.8) is 0 Å². The first kappa shape index (κ1) is 22.3. The van der Waals surface area contributed by atoms with Crippen LogP contribution in [0.2, 0.25) is 0 Å². The summed E-state index contributed by atoms with van der Waals surface area (Å²) in [6, 6.07) is 6.02. The molecule has 0 saturated carbocycles. The summed E-state index contributed by atoms with van der Waals surface area (Å²) >= 11 is 6.21. The van der Waals surface area contributed by atoms with Crippen molar-refractivity contribution >= 4 is 40.2 Å². The summed E-state index contributed by atoms with van der Waals surface area (Å²) in [5.74, 6) is 0.117. The van der Waals surface area contributed by atoms with Gasteiger partial charge in [-0.15, -0.1) is 0 Å². The Kier molecular flexibility index (Phi) is 6.91. The van der Waals surface area contributed by atoms with Crippen molar-refractivity contribution in [2.45, 2.75) is 20.0 Å². The van der Waals surface area contributed by atoms with E-state index in [-0.39, 0.29) is 24.0 Å². The third-order valence-corrected chi connectivity index (χ3v) is 5.06. The quantitative estimate of drug-likeness (QED) is 0.538. The molecule has 0 radical (unpaired) electrons. The van der Waals surface area contributed by atoms with Crippen LogP contribution in [0.25, 0.3) is 11.4 Å². The highest BCUT2D eigenvalue weighted by Gasteiger charge is 2.20.